The first-order chi connectivity index (χ1) is 14.9. The molecule has 0 aliphatic heterocycles. The summed E-state index contributed by atoms with van der Waals surface area (Å²) in [6.07, 6.45) is 1.60. The van der Waals surface area contributed by atoms with Crippen molar-refractivity contribution < 1.29 is 4.79 Å². The quantitative estimate of drug-likeness (QED) is 0.434. The van der Waals surface area contributed by atoms with Crippen LogP contribution in [-0.2, 0) is 19.9 Å². The van der Waals surface area contributed by atoms with Crippen LogP contribution >= 0.6 is 11.6 Å². The second-order valence-electron chi connectivity index (χ2n) is 7.35. The number of para-hydroxylation sites is 1. The molecule has 0 fully saturated rings. The third-order valence-corrected chi connectivity index (χ3v) is 5.50. The van der Waals surface area contributed by atoms with Crippen molar-refractivity contribution in [3.8, 4) is 0 Å². The van der Waals surface area contributed by atoms with E-state index in [2.05, 4.69) is 40.6 Å². The Bertz CT molecular complexity index is 1100. The van der Waals surface area contributed by atoms with Gasteiger partial charge in [-0.25, -0.2) is 0 Å². The minimum atomic E-state index is -0.267. The number of halogens is 1. The fourth-order valence-electron chi connectivity index (χ4n) is 3.46. The first-order valence-corrected chi connectivity index (χ1v) is 10.7. The molecule has 1 amide bonds. The molecule has 6 nitrogen and oxygen atoms in total. The summed E-state index contributed by atoms with van der Waals surface area (Å²) in [5, 5.41) is 11.2. The van der Waals surface area contributed by atoms with Crippen LogP contribution in [0.1, 0.15) is 39.8 Å². The molecule has 0 radical (unpaired) electrons. The number of hydrogen-bond acceptors (Lipinski definition) is 3. The minimum Gasteiger partial charge on any atom is -0.326 e. The Labute approximate surface area is 188 Å². The smallest absolute Gasteiger partial charge is 0.258 e. The van der Waals surface area contributed by atoms with E-state index >= 15 is 0 Å². The molecule has 0 bridgehead atoms. The maximum absolute atomic E-state index is 12.8. The number of amides is 1. The third-order valence-electron chi connectivity index (χ3n) is 5.26. The number of guanidine groups is 1. The van der Waals surface area contributed by atoms with Crippen molar-refractivity contribution in [3.05, 3.63) is 81.6 Å². The Hall–Kier alpha value is -3.12. The summed E-state index contributed by atoms with van der Waals surface area (Å²) in [6, 6.07) is 14.8. The number of benzene rings is 2. The van der Waals surface area contributed by atoms with Crippen LogP contribution in [0.25, 0.3) is 0 Å². The standard InChI is InChI=1S/C24H28ClN5O/c1-5-18-9-6-7-12-22(18)27-24(28-23(31)19-10-8-11-20(25)15-19)26-14-13-21-16(2)29-30(4)17(21)3/h6-12,15H,5,13-14H2,1-4H3,(H2,26,27,28,31). The number of aryl methyl sites for hydroxylation is 3. The summed E-state index contributed by atoms with van der Waals surface area (Å²) >= 11 is 6.04. The second kappa shape index (κ2) is 10.3. The van der Waals surface area contributed by atoms with Gasteiger partial charge in [0.1, 0.15) is 0 Å². The first-order valence-electron chi connectivity index (χ1n) is 10.3. The highest BCUT2D eigenvalue weighted by atomic mass is 35.5. The molecule has 31 heavy (non-hydrogen) atoms. The number of aliphatic imine (C=N–C) groups is 1. The summed E-state index contributed by atoms with van der Waals surface area (Å²) in [7, 11) is 1.94. The number of carbonyl (C=O) groups excluding carboxylic acids is 1. The van der Waals surface area contributed by atoms with Crippen molar-refractivity contribution >= 4 is 29.2 Å². The maximum Gasteiger partial charge on any atom is 0.258 e. The van der Waals surface area contributed by atoms with Gasteiger partial charge in [-0.05, 0) is 62.1 Å². The second-order valence-corrected chi connectivity index (χ2v) is 7.79. The molecule has 2 N–H and O–H groups in total. The lowest BCUT2D eigenvalue weighted by Gasteiger charge is -2.14. The van der Waals surface area contributed by atoms with Crippen molar-refractivity contribution in [1.82, 2.24) is 15.1 Å². The Balaban J connectivity index is 1.82. The van der Waals surface area contributed by atoms with E-state index in [4.69, 9.17) is 11.6 Å². The van der Waals surface area contributed by atoms with Crippen molar-refractivity contribution in [3.63, 3.8) is 0 Å². The van der Waals surface area contributed by atoms with E-state index in [1.54, 1.807) is 24.3 Å². The molecule has 0 saturated carbocycles. The van der Waals surface area contributed by atoms with Crippen LogP contribution in [0.3, 0.4) is 0 Å². The largest absolute Gasteiger partial charge is 0.326 e. The van der Waals surface area contributed by atoms with Gasteiger partial charge in [0.05, 0.1) is 5.69 Å². The Morgan fingerprint density at radius 1 is 1.16 bits per heavy atom. The van der Waals surface area contributed by atoms with Gasteiger partial charge in [0.15, 0.2) is 0 Å². The summed E-state index contributed by atoms with van der Waals surface area (Å²) < 4.78 is 1.88. The van der Waals surface area contributed by atoms with E-state index in [0.717, 1.165) is 35.5 Å². The van der Waals surface area contributed by atoms with Gasteiger partial charge < -0.3 is 5.32 Å². The van der Waals surface area contributed by atoms with Crippen LogP contribution in [0.2, 0.25) is 5.02 Å². The average molecular weight is 438 g/mol. The van der Waals surface area contributed by atoms with Gasteiger partial charge in [0, 0.05) is 35.6 Å². The van der Waals surface area contributed by atoms with Gasteiger partial charge in [-0.2, -0.15) is 5.10 Å². The number of aromatic nitrogens is 2. The van der Waals surface area contributed by atoms with Crippen molar-refractivity contribution in [2.75, 3.05) is 11.9 Å². The Morgan fingerprint density at radius 2 is 1.94 bits per heavy atom. The Morgan fingerprint density at radius 3 is 2.61 bits per heavy atom. The van der Waals surface area contributed by atoms with Crippen LogP contribution in [0.4, 0.5) is 5.69 Å². The lowest BCUT2D eigenvalue weighted by atomic mass is 10.1. The van der Waals surface area contributed by atoms with Gasteiger partial charge in [-0.1, -0.05) is 42.8 Å². The molecule has 0 atom stereocenters. The molecule has 1 aromatic heterocycles. The summed E-state index contributed by atoms with van der Waals surface area (Å²) in [5.74, 6) is 0.140. The minimum absolute atomic E-state index is 0.267. The SMILES string of the molecule is CCc1ccccc1NC(=NCCc1c(C)nn(C)c1C)NC(=O)c1cccc(Cl)c1. The normalized spacial score (nSPS) is 11.5. The van der Waals surface area contributed by atoms with E-state index in [1.807, 2.05) is 36.9 Å². The number of nitrogens with one attached hydrogen (secondary N) is 2. The third kappa shape index (κ3) is 5.73. The molecular weight excluding hydrogens is 410 g/mol. The van der Waals surface area contributed by atoms with Crippen molar-refractivity contribution in [2.45, 2.75) is 33.6 Å². The molecule has 0 spiro atoms. The first kappa shape index (κ1) is 22.6. The van der Waals surface area contributed by atoms with Gasteiger partial charge in [0.25, 0.3) is 5.91 Å². The van der Waals surface area contributed by atoms with E-state index in [0.29, 0.717) is 23.1 Å². The van der Waals surface area contributed by atoms with Crippen molar-refractivity contribution in [1.29, 1.82) is 0 Å². The zero-order valence-corrected chi connectivity index (χ0v) is 19.1. The molecular formula is C24H28ClN5O. The number of nitrogens with zero attached hydrogens (tertiary/aromatic N) is 3. The average Bonchev–Trinajstić information content (AvgIpc) is 2.99. The topological polar surface area (TPSA) is 71.3 Å². The molecule has 3 rings (SSSR count). The molecule has 1 heterocycles. The number of hydrogen-bond donors (Lipinski definition) is 2. The highest BCUT2D eigenvalue weighted by Gasteiger charge is 2.12. The van der Waals surface area contributed by atoms with E-state index in [-0.39, 0.29) is 5.91 Å². The molecule has 2 aromatic carbocycles. The Kier molecular flexibility index (Phi) is 7.47. The van der Waals surface area contributed by atoms with Crippen LogP contribution in [0.5, 0.6) is 0 Å². The highest BCUT2D eigenvalue weighted by Crippen LogP contribution is 2.16. The molecule has 0 unspecified atom stereocenters. The number of carbonyl (C=O) groups is 1. The van der Waals surface area contributed by atoms with Crippen LogP contribution in [0.15, 0.2) is 53.5 Å². The lowest BCUT2D eigenvalue weighted by Crippen LogP contribution is -2.36. The molecule has 0 saturated heterocycles. The fourth-order valence-corrected chi connectivity index (χ4v) is 3.65. The molecule has 3 aromatic rings. The fraction of sp³-hybridized carbons (Fsp3) is 0.292. The van der Waals surface area contributed by atoms with Crippen LogP contribution in [-0.4, -0.2) is 28.2 Å². The van der Waals surface area contributed by atoms with Gasteiger partial charge >= 0.3 is 0 Å². The van der Waals surface area contributed by atoms with Crippen LogP contribution < -0.4 is 10.6 Å². The van der Waals surface area contributed by atoms with E-state index in [1.165, 1.54) is 5.56 Å². The predicted octanol–water partition coefficient (Wildman–Crippen LogP) is 4.69. The van der Waals surface area contributed by atoms with Crippen molar-refractivity contribution in [2.24, 2.45) is 12.0 Å². The summed E-state index contributed by atoms with van der Waals surface area (Å²) in [6.45, 7) is 6.66. The summed E-state index contributed by atoms with van der Waals surface area (Å²) in [4.78, 5) is 17.5. The zero-order chi connectivity index (χ0) is 22.4. The molecule has 162 valence electrons. The van der Waals surface area contributed by atoms with Gasteiger partial charge in [-0.15, -0.1) is 0 Å². The van der Waals surface area contributed by atoms with Crippen LogP contribution in [0, 0.1) is 13.8 Å². The van der Waals surface area contributed by atoms with Gasteiger partial charge in [-0.3, -0.25) is 19.8 Å². The van der Waals surface area contributed by atoms with Gasteiger partial charge in [0.2, 0.25) is 5.96 Å². The maximum atomic E-state index is 12.8. The summed E-state index contributed by atoms with van der Waals surface area (Å²) in [5.41, 5.74) is 5.85. The zero-order valence-electron chi connectivity index (χ0n) is 18.4. The lowest BCUT2D eigenvalue weighted by molar-refractivity contribution is 0.0977. The van der Waals surface area contributed by atoms with E-state index in [9.17, 15) is 4.79 Å². The molecule has 0 aliphatic rings. The molecule has 0 aliphatic carbocycles. The number of anilines is 1. The highest BCUT2D eigenvalue weighted by molar-refractivity contribution is 6.31. The molecule has 7 heteroatoms. The van der Waals surface area contributed by atoms with E-state index < -0.39 is 0 Å². The monoisotopic (exact) mass is 437 g/mol. The number of rotatable bonds is 6. The predicted molar refractivity (Wildman–Crippen MR) is 127 cm³/mol.